The number of quaternary nitrogens is 1. The molecule has 1 heterocycles. The first-order chi connectivity index (χ1) is 12.0. The predicted molar refractivity (Wildman–Crippen MR) is 101 cm³/mol. The Morgan fingerprint density at radius 1 is 1.08 bits per heavy atom. The van der Waals surface area contributed by atoms with Gasteiger partial charge in [0.25, 0.3) is 5.91 Å². The maximum absolute atomic E-state index is 12.2. The molecule has 1 amide bonds. The third kappa shape index (κ3) is 5.01. The molecule has 0 atom stereocenters. The van der Waals surface area contributed by atoms with Gasteiger partial charge in [-0.1, -0.05) is 23.2 Å². The van der Waals surface area contributed by atoms with Crippen LogP contribution in [-0.2, 0) is 4.79 Å². The van der Waals surface area contributed by atoms with Gasteiger partial charge in [0.2, 0.25) is 0 Å². The quantitative estimate of drug-likeness (QED) is 0.760. The summed E-state index contributed by atoms with van der Waals surface area (Å²) in [6.45, 7) is 3.91. The van der Waals surface area contributed by atoms with Crippen LogP contribution in [0.25, 0.3) is 0 Å². The van der Waals surface area contributed by atoms with E-state index in [-0.39, 0.29) is 11.7 Å². The lowest BCUT2D eigenvalue weighted by Crippen LogP contribution is -3.15. The van der Waals surface area contributed by atoms with Crippen molar-refractivity contribution in [1.82, 2.24) is 0 Å². The van der Waals surface area contributed by atoms with Gasteiger partial charge in [-0.05, 0) is 42.5 Å². The van der Waals surface area contributed by atoms with E-state index < -0.39 is 0 Å². The molecular weight excluding hydrogens is 361 g/mol. The standard InChI is InChI=1S/C18H19Cl2N3O2/c19-13-9-14(20)11-15(10-13)21-18(25)12-22-5-7-23(8-6-22)16-1-3-17(24)4-2-16/h1-4,9-11,24H,5-8,12H2,(H,21,25)/p+1. The Bertz CT molecular complexity index is 724. The molecule has 7 heteroatoms. The van der Waals surface area contributed by atoms with Gasteiger partial charge in [-0.2, -0.15) is 0 Å². The van der Waals surface area contributed by atoms with Crippen molar-refractivity contribution in [3.05, 3.63) is 52.5 Å². The summed E-state index contributed by atoms with van der Waals surface area (Å²) in [4.78, 5) is 15.7. The largest absolute Gasteiger partial charge is 0.508 e. The Hall–Kier alpha value is -1.95. The van der Waals surface area contributed by atoms with E-state index in [1.165, 1.54) is 4.90 Å². The number of benzene rings is 2. The zero-order chi connectivity index (χ0) is 17.8. The molecule has 1 fully saturated rings. The molecule has 0 spiro atoms. The number of amides is 1. The van der Waals surface area contributed by atoms with E-state index in [0.717, 1.165) is 31.9 Å². The summed E-state index contributed by atoms with van der Waals surface area (Å²) >= 11 is 11.9. The first-order valence-corrected chi connectivity index (χ1v) is 8.89. The van der Waals surface area contributed by atoms with Crippen LogP contribution in [0.2, 0.25) is 10.0 Å². The van der Waals surface area contributed by atoms with Crippen molar-refractivity contribution in [2.24, 2.45) is 0 Å². The van der Waals surface area contributed by atoms with Crippen LogP contribution in [0.3, 0.4) is 0 Å². The lowest BCUT2D eigenvalue weighted by molar-refractivity contribution is -0.892. The second kappa shape index (κ2) is 7.95. The van der Waals surface area contributed by atoms with Crippen molar-refractivity contribution in [3.63, 3.8) is 0 Å². The van der Waals surface area contributed by atoms with Gasteiger partial charge in [-0.25, -0.2) is 0 Å². The highest BCUT2D eigenvalue weighted by Gasteiger charge is 2.22. The number of hydrogen-bond donors (Lipinski definition) is 3. The van der Waals surface area contributed by atoms with Crippen LogP contribution in [0.4, 0.5) is 11.4 Å². The number of hydrogen-bond acceptors (Lipinski definition) is 3. The highest BCUT2D eigenvalue weighted by atomic mass is 35.5. The van der Waals surface area contributed by atoms with Crippen LogP contribution in [-0.4, -0.2) is 43.7 Å². The lowest BCUT2D eigenvalue weighted by Gasteiger charge is -2.33. The fourth-order valence-electron chi connectivity index (χ4n) is 2.98. The monoisotopic (exact) mass is 380 g/mol. The third-order valence-corrected chi connectivity index (χ3v) is 4.68. The molecule has 0 radical (unpaired) electrons. The number of aromatic hydroxyl groups is 1. The average molecular weight is 381 g/mol. The number of anilines is 2. The first kappa shape index (κ1) is 17.9. The number of phenols is 1. The van der Waals surface area contributed by atoms with Crippen LogP contribution in [0, 0.1) is 0 Å². The van der Waals surface area contributed by atoms with E-state index in [9.17, 15) is 9.90 Å². The number of phenolic OH excluding ortho intramolecular Hbond substituents is 1. The molecule has 3 rings (SSSR count). The molecule has 25 heavy (non-hydrogen) atoms. The van der Waals surface area contributed by atoms with Crippen molar-refractivity contribution in [1.29, 1.82) is 0 Å². The molecule has 2 aromatic rings. The molecule has 0 saturated carbocycles. The van der Waals surface area contributed by atoms with Crippen LogP contribution < -0.4 is 15.1 Å². The molecule has 5 nitrogen and oxygen atoms in total. The number of nitrogens with zero attached hydrogens (tertiary/aromatic N) is 1. The minimum atomic E-state index is -0.0496. The van der Waals surface area contributed by atoms with Crippen LogP contribution in [0.5, 0.6) is 5.75 Å². The topological polar surface area (TPSA) is 57.0 Å². The number of rotatable bonds is 4. The summed E-state index contributed by atoms with van der Waals surface area (Å²) < 4.78 is 0. The molecule has 0 aliphatic carbocycles. The van der Waals surface area contributed by atoms with E-state index in [4.69, 9.17) is 23.2 Å². The van der Waals surface area contributed by atoms with Crippen molar-refractivity contribution in [2.75, 3.05) is 42.9 Å². The van der Waals surface area contributed by atoms with Gasteiger partial charge in [0.15, 0.2) is 6.54 Å². The molecule has 1 aliphatic rings. The Balaban J connectivity index is 1.50. The van der Waals surface area contributed by atoms with Gasteiger partial charge < -0.3 is 20.2 Å². The van der Waals surface area contributed by atoms with Crippen molar-refractivity contribution in [2.45, 2.75) is 0 Å². The summed E-state index contributed by atoms with van der Waals surface area (Å²) in [5.74, 6) is 0.220. The van der Waals surface area contributed by atoms with Crippen LogP contribution in [0.1, 0.15) is 0 Å². The Kier molecular flexibility index (Phi) is 5.68. The molecule has 0 unspecified atom stereocenters. The summed E-state index contributed by atoms with van der Waals surface area (Å²) in [5, 5.41) is 13.2. The first-order valence-electron chi connectivity index (χ1n) is 8.13. The molecule has 0 aromatic heterocycles. The highest BCUT2D eigenvalue weighted by Crippen LogP contribution is 2.22. The van der Waals surface area contributed by atoms with E-state index in [1.807, 2.05) is 12.1 Å². The van der Waals surface area contributed by atoms with Crippen molar-refractivity contribution >= 4 is 40.5 Å². The second-order valence-corrected chi connectivity index (χ2v) is 7.01. The number of carbonyl (C=O) groups excluding carboxylic acids is 1. The van der Waals surface area contributed by atoms with Crippen molar-refractivity contribution in [3.8, 4) is 5.75 Å². The lowest BCUT2D eigenvalue weighted by atomic mass is 10.2. The van der Waals surface area contributed by atoms with E-state index >= 15 is 0 Å². The second-order valence-electron chi connectivity index (χ2n) is 6.14. The molecular formula is C18H20Cl2N3O2+. The molecule has 1 aliphatic heterocycles. The maximum Gasteiger partial charge on any atom is 0.279 e. The van der Waals surface area contributed by atoms with Crippen molar-refractivity contribution < 1.29 is 14.8 Å². The predicted octanol–water partition coefficient (Wildman–Crippen LogP) is 2.04. The third-order valence-electron chi connectivity index (χ3n) is 4.24. The van der Waals surface area contributed by atoms with Crippen LogP contribution >= 0.6 is 23.2 Å². The normalized spacial score (nSPS) is 15.2. The van der Waals surface area contributed by atoms with Gasteiger partial charge in [-0.3, -0.25) is 4.79 Å². The molecule has 2 aromatic carbocycles. The minimum Gasteiger partial charge on any atom is -0.508 e. The summed E-state index contributed by atoms with van der Waals surface area (Å²) in [6, 6.07) is 12.2. The average Bonchev–Trinajstić information content (AvgIpc) is 2.55. The smallest absolute Gasteiger partial charge is 0.279 e. The van der Waals surface area contributed by atoms with Gasteiger partial charge in [-0.15, -0.1) is 0 Å². The minimum absolute atomic E-state index is 0.0496. The summed E-state index contributed by atoms with van der Waals surface area (Å²) in [7, 11) is 0. The van der Waals surface area contributed by atoms with E-state index in [1.54, 1.807) is 30.3 Å². The zero-order valence-electron chi connectivity index (χ0n) is 13.6. The van der Waals surface area contributed by atoms with E-state index in [0.29, 0.717) is 22.3 Å². The number of nitrogens with one attached hydrogen (secondary N) is 2. The van der Waals surface area contributed by atoms with Gasteiger partial charge in [0.05, 0.1) is 26.2 Å². The fourth-order valence-corrected chi connectivity index (χ4v) is 3.51. The van der Waals surface area contributed by atoms with Gasteiger partial charge in [0, 0.05) is 21.4 Å². The molecule has 1 saturated heterocycles. The maximum atomic E-state index is 12.2. The van der Waals surface area contributed by atoms with Gasteiger partial charge in [0.1, 0.15) is 5.75 Å². The Morgan fingerprint density at radius 3 is 2.28 bits per heavy atom. The number of halogens is 2. The number of piperazine rings is 1. The van der Waals surface area contributed by atoms with Crippen LogP contribution in [0.15, 0.2) is 42.5 Å². The number of carbonyl (C=O) groups is 1. The van der Waals surface area contributed by atoms with E-state index in [2.05, 4.69) is 10.2 Å². The summed E-state index contributed by atoms with van der Waals surface area (Å²) in [6.07, 6.45) is 0. The zero-order valence-corrected chi connectivity index (χ0v) is 15.1. The Labute approximate surface area is 156 Å². The molecule has 3 N–H and O–H groups in total. The summed E-state index contributed by atoms with van der Waals surface area (Å²) in [5.41, 5.74) is 1.71. The fraction of sp³-hybridized carbons (Fsp3) is 0.278. The molecule has 0 bridgehead atoms. The Morgan fingerprint density at radius 2 is 1.68 bits per heavy atom. The SMILES string of the molecule is O=C(C[NH+]1CCN(c2ccc(O)cc2)CC1)Nc1cc(Cl)cc(Cl)c1. The highest BCUT2D eigenvalue weighted by molar-refractivity contribution is 6.35. The van der Waals surface area contributed by atoms with Gasteiger partial charge >= 0.3 is 0 Å². The molecule has 132 valence electrons.